The Morgan fingerprint density at radius 1 is 1.27 bits per heavy atom. The number of rotatable bonds is 9. The molecule has 1 unspecified atom stereocenters. The number of hydrogen-bond donors (Lipinski definition) is 3. The monoisotopic (exact) mass is 411 g/mol. The molecule has 0 spiro atoms. The zero-order chi connectivity index (χ0) is 21.3. The van der Waals surface area contributed by atoms with Crippen molar-refractivity contribution in [2.24, 2.45) is 11.7 Å². The second-order valence-corrected chi connectivity index (χ2v) is 7.38. The van der Waals surface area contributed by atoms with Crippen LogP contribution in [0.3, 0.4) is 0 Å². The van der Waals surface area contributed by atoms with Gasteiger partial charge >= 0.3 is 0 Å². The highest BCUT2D eigenvalue weighted by Crippen LogP contribution is 2.27. The van der Waals surface area contributed by atoms with Crippen molar-refractivity contribution in [2.75, 3.05) is 38.6 Å². The van der Waals surface area contributed by atoms with Crippen LogP contribution < -0.4 is 21.1 Å². The summed E-state index contributed by atoms with van der Waals surface area (Å²) in [5.74, 6) is 0.672. The molecule has 0 aliphatic carbocycles. The second kappa shape index (κ2) is 10.6. The fraction of sp³-hybridized carbons (Fsp3) is 0.409. The van der Waals surface area contributed by atoms with Crippen LogP contribution in [0.5, 0.6) is 5.75 Å². The Morgan fingerprint density at radius 3 is 2.90 bits per heavy atom. The van der Waals surface area contributed by atoms with Crippen molar-refractivity contribution in [2.45, 2.75) is 19.3 Å². The fourth-order valence-electron chi connectivity index (χ4n) is 3.65. The third kappa shape index (κ3) is 5.70. The number of carbonyl (C=O) groups excluding carboxylic acids is 2. The van der Waals surface area contributed by atoms with Crippen molar-refractivity contribution in [1.29, 1.82) is 0 Å². The highest BCUT2D eigenvalue weighted by atomic mass is 16.5. The minimum atomic E-state index is -0.223. The number of benzene rings is 1. The molecule has 1 aromatic heterocycles. The van der Waals surface area contributed by atoms with Crippen LogP contribution in [0, 0.1) is 5.92 Å². The highest BCUT2D eigenvalue weighted by molar-refractivity contribution is 5.99. The molecule has 0 saturated carbocycles. The Hall–Kier alpha value is -3.13. The largest absolute Gasteiger partial charge is 0.495 e. The van der Waals surface area contributed by atoms with Crippen LogP contribution in [0.15, 0.2) is 42.6 Å². The Balaban J connectivity index is 1.53. The number of carbonyl (C=O) groups is 2. The maximum absolute atomic E-state index is 12.7. The number of hydrogen-bond acceptors (Lipinski definition) is 6. The summed E-state index contributed by atoms with van der Waals surface area (Å²) in [5.41, 5.74) is 6.64. The molecule has 1 aromatic carbocycles. The van der Waals surface area contributed by atoms with E-state index in [1.165, 1.54) is 0 Å². The summed E-state index contributed by atoms with van der Waals surface area (Å²) in [4.78, 5) is 30.7. The molecule has 8 heteroatoms. The van der Waals surface area contributed by atoms with Gasteiger partial charge in [-0.3, -0.25) is 9.59 Å². The Kier molecular flexibility index (Phi) is 7.62. The predicted octanol–water partition coefficient (Wildman–Crippen LogP) is 2.15. The Labute approximate surface area is 176 Å². The maximum Gasteiger partial charge on any atom is 0.255 e. The van der Waals surface area contributed by atoms with Gasteiger partial charge in [-0.05, 0) is 56.6 Å². The lowest BCUT2D eigenvalue weighted by atomic mass is 9.97. The molecule has 1 aliphatic heterocycles. The molecule has 2 aromatic rings. The topological polar surface area (TPSA) is 110 Å². The molecule has 4 N–H and O–H groups in total. The van der Waals surface area contributed by atoms with Crippen molar-refractivity contribution >= 4 is 23.3 Å². The number of pyridine rings is 1. The zero-order valence-corrected chi connectivity index (χ0v) is 17.3. The van der Waals surface area contributed by atoms with Gasteiger partial charge < -0.3 is 26.0 Å². The lowest BCUT2D eigenvalue weighted by molar-refractivity contribution is -0.123. The van der Waals surface area contributed by atoms with Crippen LogP contribution in [0.2, 0.25) is 0 Å². The first-order valence-electron chi connectivity index (χ1n) is 10.2. The van der Waals surface area contributed by atoms with Gasteiger partial charge in [0.2, 0.25) is 5.91 Å². The number of aromatic nitrogens is 1. The van der Waals surface area contributed by atoms with E-state index in [2.05, 4.69) is 20.5 Å². The summed E-state index contributed by atoms with van der Waals surface area (Å²) in [6.45, 7) is 3.04. The molecular weight excluding hydrogens is 382 g/mol. The number of methoxy groups -OCH3 is 1. The minimum absolute atomic E-state index is 0.0626. The SMILES string of the molecule is COc1ccccc1Nc1ncccc1C(=O)NCCCN1CCCC(C(N)=O)C1. The molecule has 0 bridgehead atoms. The molecule has 1 atom stereocenters. The Bertz CT molecular complexity index is 873. The summed E-state index contributed by atoms with van der Waals surface area (Å²) in [7, 11) is 1.60. The normalized spacial score (nSPS) is 16.6. The van der Waals surface area contributed by atoms with Crippen molar-refractivity contribution in [3.8, 4) is 5.75 Å². The van der Waals surface area contributed by atoms with Crippen molar-refractivity contribution in [3.63, 3.8) is 0 Å². The van der Waals surface area contributed by atoms with Crippen LogP contribution >= 0.6 is 0 Å². The van der Waals surface area contributed by atoms with Crippen LogP contribution in [0.25, 0.3) is 0 Å². The van der Waals surface area contributed by atoms with Crippen molar-refractivity contribution in [1.82, 2.24) is 15.2 Å². The number of para-hydroxylation sites is 2. The first kappa shape index (κ1) is 21.6. The molecule has 30 heavy (non-hydrogen) atoms. The van der Waals surface area contributed by atoms with E-state index < -0.39 is 0 Å². The molecule has 2 amide bonds. The first-order chi connectivity index (χ1) is 14.6. The maximum atomic E-state index is 12.7. The van der Waals surface area contributed by atoms with E-state index in [0.717, 1.165) is 38.0 Å². The molecule has 1 saturated heterocycles. The van der Waals surface area contributed by atoms with E-state index in [0.29, 0.717) is 30.2 Å². The fourth-order valence-corrected chi connectivity index (χ4v) is 3.65. The zero-order valence-electron chi connectivity index (χ0n) is 17.3. The number of likely N-dealkylation sites (tertiary alicyclic amines) is 1. The van der Waals surface area contributed by atoms with Crippen LogP contribution in [0.1, 0.15) is 29.6 Å². The average molecular weight is 412 g/mol. The van der Waals surface area contributed by atoms with E-state index in [1.807, 2.05) is 24.3 Å². The molecule has 1 fully saturated rings. The smallest absolute Gasteiger partial charge is 0.255 e. The predicted molar refractivity (Wildman–Crippen MR) is 116 cm³/mol. The number of ether oxygens (including phenoxy) is 1. The number of piperidine rings is 1. The van der Waals surface area contributed by atoms with E-state index in [-0.39, 0.29) is 17.7 Å². The number of anilines is 2. The number of primary amides is 1. The Morgan fingerprint density at radius 2 is 2.10 bits per heavy atom. The quantitative estimate of drug-likeness (QED) is 0.546. The third-order valence-electron chi connectivity index (χ3n) is 5.26. The van der Waals surface area contributed by atoms with Gasteiger partial charge in [-0.25, -0.2) is 4.98 Å². The molecule has 3 rings (SSSR count). The van der Waals surface area contributed by atoms with Gasteiger partial charge in [0.1, 0.15) is 11.6 Å². The van der Waals surface area contributed by atoms with Crippen molar-refractivity contribution in [3.05, 3.63) is 48.2 Å². The third-order valence-corrected chi connectivity index (χ3v) is 5.26. The molecule has 160 valence electrons. The standard InChI is InChI=1S/C22H29N5O3/c1-30-19-10-3-2-9-18(19)26-21-17(8-4-11-24-21)22(29)25-12-6-14-27-13-5-7-16(15-27)20(23)28/h2-4,8-11,16H,5-7,12-15H2,1H3,(H2,23,28)(H,24,26)(H,25,29). The minimum Gasteiger partial charge on any atom is -0.495 e. The second-order valence-electron chi connectivity index (χ2n) is 7.38. The highest BCUT2D eigenvalue weighted by Gasteiger charge is 2.23. The summed E-state index contributed by atoms with van der Waals surface area (Å²) >= 11 is 0. The lowest BCUT2D eigenvalue weighted by Crippen LogP contribution is -2.42. The summed E-state index contributed by atoms with van der Waals surface area (Å²) in [6, 6.07) is 10.9. The van der Waals surface area contributed by atoms with Gasteiger partial charge in [0.05, 0.1) is 24.3 Å². The van der Waals surface area contributed by atoms with Gasteiger partial charge in [0.25, 0.3) is 5.91 Å². The molecule has 0 radical (unpaired) electrons. The first-order valence-corrected chi connectivity index (χ1v) is 10.2. The van der Waals surface area contributed by atoms with Gasteiger partial charge in [0.15, 0.2) is 0 Å². The number of nitrogens with one attached hydrogen (secondary N) is 2. The number of amides is 2. The van der Waals surface area contributed by atoms with E-state index in [1.54, 1.807) is 25.4 Å². The number of nitrogens with zero attached hydrogens (tertiary/aromatic N) is 2. The van der Waals surface area contributed by atoms with E-state index in [4.69, 9.17) is 10.5 Å². The van der Waals surface area contributed by atoms with Gasteiger partial charge in [-0.2, -0.15) is 0 Å². The summed E-state index contributed by atoms with van der Waals surface area (Å²) in [6.07, 6.45) is 4.28. The molecule has 1 aliphatic rings. The van der Waals surface area contributed by atoms with Gasteiger partial charge in [-0.1, -0.05) is 12.1 Å². The molecular formula is C22H29N5O3. The van der Waals surface area contributed by atoms with Crippen LogP contribution in [-0.4, -0.2) is 55.0 Å². The molecule has 8 nitrogen and oxygen atoms in total. The van der Waals surface area contributed by atoms with E-state index in [9.17, 15) is 9.59 Å². The van der Waals surface area contributed by atoms with Gasteiger partial charge in [0, 0.05) is 19.3 Å². The lowest BCUT2D eigenvalue weighted by Gasteiger charge is -2.31. The van der Waals surface area contributed by atoms with E-state index >= 15 is 0 Å². The van der Waals surface area contributed by atoms with Gasteiger partial charge in [-0.15, -0.1) is 0 Å². The van der Waals surface area contributed by atoms with Crippen LogP contribution in [-0.2, 0) is 4.79 Å². The summed E-state index contributed by atoms with van der Waals surface area (Å²) in [5, 5.41) is 6.14. The van der Waals surface area contributed by atoms with Crippen molar-refractivity contribution < 1.29 is 14.3 Å². The molecule has 2 heterocycles. The average Bonchev–Trinajstić information content (AvgIpc) is 2.77. The summed E-state index contributed by atoms with van der Waals surface area (Å²) < 4.78 is 5.35. The van der Waals surface area contributed by atoms with Crippen LogP contribution in [0.4, 0.5) is 11.5 Å². The number of nitrogens with two attached hydrogens (primary N) is 1.